The lowest BCUT2D eigenvalue weighted by Crippen LogP contribution is -2.42. The molecule has 0 N–H and O–H groups in total. The van der Waals surface area contributed by atoms with Gasteiger partial charge in [-0.2, -0.15) is 0 Å². The van der Waals surface area contributed by atoms with E-state index in [2.05, 4.69) is 11.8 Å². The maximum atomic E-state index is 13.2. The fourth-order valence-corrected chi connectivity index (χ4v) is 5.34. The summed E-state index contributed by atoms with van der Waals surface area (Å²) in [6, 6.07) is 0. The Labute approximate surface area is 168 Å². The summed E-state index contributed by atoms with van der Waals surface area (Å²) in [5.74, 6) is 0.0230. The summed E-state index contributed by atoms with van der Waals surface area (Å²) >= 11 is 1.57. The molecular formula is C20H29N3O4S. The number of carbonyl (C=O) groups is 1. The highest BCUT2D eigenvalue weighted by atomic mass is 32.1. The lowest BCUT2D eigenvalue weighted by atomic mass is 9.89. The largest absolute Gasteiger partial charge is 0.465 e. The van der Waals surface area contributed by atoms with Gasteiger partial charge in [0.25, 0.3) is 5.56 Å². The van der Waals surface area contributed by atoms with Crippen LogP contribution in [-0.4, -0.2) is 47.3 Å². The van der Waals surface area contributed by atoms with Crippen LogP contribution in [0.25, 0.3) is 10.2 Å². The van der Waals surface area contributed by atoms with Crippen LogP contribution in [0.15, 0.2) is 9.59 Å². The maximum absolute atomic E-state index is 13.2. The fourth-order valence-electron chi connectivity index (χ4n) is 3.82. The van der Waals surface area contributed by atoms with Gasteiger partial charge in [-0.1, -0.05) is 6.92 Å². The van der Waals surface area contributed by atoms with Gasteiger partial charge in [0, 0.05) is 11.4 Å². The highest BCUT2D eigenvalue weighted by molar-refractivity contribution is 7.18. The normalized spacial score (nSPS) is 16.5. The number of fused-ring (bicyclic) bond motifs is 3. The Hall–Kier alpha value is -1.93. The standard InChI is InChI=1S/C20H29N3O4S/c1-5-27-16(24)12-23-18(25)17-14-8-7-13(2)11-15(14)28-19(17)22(20(23)26)10-6-9-21(3)4/h13H,5-12H2,1-4H3/t13-/m1/s1. The molecule has 0 aromatic carbocycles. The number of hydrogen-bond donors (Lipinski definition) is 0. The zero-order valence-corrected chi connectivity index (χ0v) is 17.9. The van der Waals surface area contributed by atoms with Gasteiger partial charge in [0.15, 0.2) is 0 Å². The minimum atomic E-state index is -0.557. The summed E-state index contributed by atoms with van der Waals surface area (Å²) in [7, 11) is 3.98. The van der Waals surface area contributed by atoms with E-state index in [-0.39, 0.29) is 18.7 Å². The predicted molar refractivity (Wildman–Crippen MR) is 111 cm³/mol. The average molecular weight is 408 g/mol. The summed E-state index contributed by atoms with van der Waals surface area (Å²) in [6.07, 6.45) is 3.62. The van der Waals surface area contributed by atoms with Crippen LogP contribution in [-0.2, 0) is 35.5 Å². The molecule has 28 heavy (non-hydrogen) atoms. The molecule has 0 saturated carbocycles. The number of nitrogens with zero attached hydrogens (tertiary/aromatic N) is 3. The molecule has 7 nitrogen and oxygen atoms in total. The quantitative estimate of drug-likeness (QED) is 0.655. The van der Waals surface area contributed by atoms with Crippen LogP contribution in [0.1, 0.15) is 37.1 Å². The van der Waals surface area contributed by atoms with E-state index in [0.29, 0.717) is 17.8 Å². The Morgan fingerprint density at radius 1 is 1.29 bits per heavy atom. The Morgan fingerprint density at radius 2 is 2.04 bits per heavy atom. The Morgan fingerprint density at radius 3 is 2.71 bits per heavy atom. The SMILES string of the molecule is CCOC(=O)Cn1c(=O)c2c3c(sc2n(CCCN(C)C)c1=O)C[C@H](C)CC3. The molecule has 0 fully saturated rings. The molecule has 1 atom stereocenters. The Kier molecular flexibility index (Phi) is 6.40. The number of ether oxygens (including phenoxy) is 1. The Balaban J connectivity index is 2.15. The van der Waals surface area contributed by atoms with Crippen LogP contribution in [0.2, 0.25) is 0 Å². The van der Waals surface area contributed by atoms with Gasteiger partial charge in [-0.15, -0.1) is 11.3 Å². The van der Waals surface area contributed by atoms with Crippen molar-refractivity contribution in [2.45, 2.75) is 52.6 Å². The molecule has 0 radical (unpaired) electrons. The molecule has 1 aliphatic carbocycles. The van der Waals surface area contributed by atoms with Gasteiger partial charge < -0.3 is 9.64 Å². The second kappa shape index (κ2) is 8.61. The third kappa shape index (κ3) is 4.07. The first-order valence-corrected chi connectivity index (χ1v) is 10.7. The third-order valence-corrected chi connectivity index (χ3v) is 6.52. The van der Waals surface area contributed by atoms with Gasteiger partial charge >= 0.3 is 11.7 Å². The van der Waals surface area contributed by atoms with Crippen LogP contribution in [0.3, 0.4) is 0 Å². The van der Waals surface area contributed by atoms with Crippen molar-refractivity contribution in [3.63, 3.8) is 0 Å². The van der Waals surface area contributed by atoms with Crippen LogP contribution in [0.4, 0.5) is 0 Å². The van der Waals surface area contributed by atoms with Crippen molar-refractivity contribution in [2.24, 2.45) is 5.92 Å². The fraction of sp³-hybridized carbons (Fsp3) is 0.650. The number of aryl methyl sites for hydroxylation is 2. The molecular weight excluding hydrogens is 378 g/mol. The van der Waals surface area contributed by atoms with E-state index < -0.39 is 11.7 Å². The van der Waals surface area contributed by atoms with Crippen molar-refractivity contribution in [1.29, 1.82) is 0 Å². The van der Waals surface area contributed by atoms with Crippen LogP contribution < -0.4 is 11.2 Å². The first-order valence-electron chi connectivity index (χ1n) is 9.91. The number of hydrogen-bond acceptors (Lipinski definition) is 6. The van der Waals surface area contributed by atoms with Gasteiger partial charge in [-0.05, 0) is 64.7 Å². The Bertz CT molecular complexity index is 986. The molecule has 2 heterocycles. The molecule has 2 aromatic heterocycles. The lowest BCUT2D eigenvalue weighted by molar-refractivity contribution is -0.143. The van der Waals surface area contributed by atoms with Gasteiger partial charge in [0.05, 0.1) is 12.0 Å². The molecule has 0 bridgehead atoms. The molecule has 0 aliphatic heterocycles. The van der Waals surface area contributed by atoms with Crippen molar-refractivity contribution in [2.75, 3.05) is 27.2 Å². The predicted octanol–water partition coefficient (Wildman–Crippen LogP) is 1.86. The molecule has 1 aliphatic rings. The zero-order chi connectivity index (χ0) is 20.4. The van der Waals surface area contributed by atoms with Crippen molar-refractivity contribution in [1.82, 2.24) is 14.0 Å². The summed E-state index contributed by atoms with van der Waals surface area (Å²) in [5.41, 5.74) is 0.294. The van der Waals surface area contributed by atoms with E-state index in [0.717, 1.165) is 47.2 Å². The third-order valence-electron chi connectivity index (χ3n) is 5.24. The molecule has 0 unspecified atom stereocenters. The number of rotatable bonds is 7. The summed E-state index contributed by atoms with van der Waals surface area (Å²) in [6.45, 7) is 5.17. The minimum Gasteiger partial charge on any atom is -0.465 e. The number of aromatic nitrogens is 2. The first kappa shape index (κ1) is 20.8. The molecule has 2 aromatic rings. The molecule has 0 spiro atoms. The van der Waals surface area contributed by atoms with E-state index >= 15 is 0 Å². The maximum Gasteiger partial charge on any atom is 0.332 e. The average Bonchev–Trinajstić information content (AvgIpc) is 2.99. The summed E-state index contributed by atoms with van der Waals surface area (Å²) in [5, 5.41) is 0.626. The zero-order valence-electron chi connectivity index (χ0n) is 17.1. The molecule has 0 amide bonds. The van der Waals surface area contributed by atoms with E-state index in [1.165, 1.54) is 4.88 Å². The van der Waals surface area contributed by atoms with E-state index in [4.69, 9.17) is 4.74 Å². The van der Waals surface area contributed by atoms with Crippen molar-refractivity contribution in [3.05, 3.63) is 31.3 Å². The van der Waals surface area contributed by atoms with Gasteiger partial charge in [0.2, 0.25) is 0 Å². The number of thiophene rings is 1. The van der Waals surface area contributed by atoms with E-state index in [1.54, 1.807) is 22.8 Å². The van der Waals surface area contributed by atoms with Crippen molar-refractivity contribution < 1.29 is 9.53 Å². The number of carbonyl (C=O) groups excluding carboxylic acids is 1. The first-order chi connectivity index (χ1) is 13.3. The van der Waals surface area contributed by atoms with Crippen molar-refractivity contribution in [3.8, 4) is 0 Å². The highest BCUT2D eigenvalue weighted by Crippen LogP contribution is 2.36. The van der Waals surface area contributed by atoms with Gasteiger partial charge in [-0.25, -0.2) is 9.36 Å². The van der Waals surface area contributed by atoms with Crippen molar-refractivity contribution >= 4 is 27.5 Å². The number of esters is 1. The summed E-state index contributed by atoms with van der Waals surface area (Å²) < 4.78 is 7.72. The minimum absolute atomic E-state index is 0.221. The van der Waals surface area contributed by atoms with Crippen LogP contribution in [0.5, 0.6) is 0 Å². The second-order valence-corrected chi connectivity index (χ2v) is 8.90. The smallest absolute Gasteiger partial charge is 0.332 e. The monoisotopic (exact) mass is 407 g/mol. The van der Waals surface area contributed by atoms with Crippen LogP contribution in [0, 0.1) is 5.92 Å². The van der Waals surface area contributed by atoms with E-state index in [1.807, 2.05) is 14.1 Å². The molecule has 0 saturated heterocycles. The van der Waals surface area contributed by atoms with Gasteiger partial charge in [0.1, 0.15) is 11.4 Å². The molecule has 3 rings (SSSR count). The van der Waals surface area contributed by atoms with E-state index in [9.17, 15) is 14.4 Å². The lowest BCUT2D eigenvalue weighted by Gasteiger charge is -2.17. The second-order valence-electron chi connectivity index (χ2n) is 7.82. The highest BCUT2D eigenvalue weighted by Gasteiger charge is 2.26. The van der Waals surface area contributed by atoms with Gasteiger partial charge in [-0.3, -0.25) is 14.2 Å². The molecule has 8 heteroatoms. The van der Waals surface area contributed by atoms with Crippen LogP contribution >= 0.6 is 11.3 Å². The summed E-state index contributed by atoms with van der Waals surface area (Å²) in [4.78, 5) is 42.3. The molecule has 154 valence electrons. The topological polar surface area (TPSA) is 73.5 Å².